The van der Waals surface area contributed by atoms with Crippen LogP contribution in [-0.2, 0) is 19.8 Å². The van der Waals surface area contributed by atoms with Crippen LogP contribution in [0.25, 0.3) is 0 Å². The first-order valence-electron chi connectivity index (χ1n) is 9.84. The van der Waals surface area contributed by atoms with Crippen molar-refractivity contribution in [2.24, 2.45) is 0 Å². The van der Waals surface area contributed by atoms with Crippen molar-refractivity contribution in [1.29, 1.82) is 0 Å². The number of carbonyl (C=O) groups excluding carboxylic acids is 1. The topological polar surface area (TPSA) is 68.2 Å². The van der Waals surface area contributed by atoms with E-state index in [0.29, 0.717) is 26.0 Å². The molecular formula is C21H31ClFNO5. The largest absolute Gasteiger partial charge is 0.444 e. The highest BCUT2D eigenvalue weighted by Crippen LogP contribution is 2.37. The average Bonchev–Trinajstić information content (AvgIpc) is 2.66. The van der Waals surface area contributed by atoms with E-state index >= 15 is 0 Å². The van der Waals surface area contributed by atoms with E-state index in [1.54, 1.807) is 33.9 Å². The fourth-order valence-corrected chi connectivity index (χ4v) is 3.55. The molecule has 1 aliphatic heterocycles. The summed E-state index contributed by atoms with van der Waals surface area (Å²) in [5, 5.41) is 11.5. The molecule has 0 aliphatic carbocycles. The summed E-state index contributed by atoms with van der Waals surface area (Å²) in [7, 11) is 1.60. The van der Waals surface area contributed by atoms with Crippen LogP contribution in [0, 0.1) is 5.82 Å². The predicted octanol–water partition coefficient (Wildman–Crippen LogP) is 4.12. The maximum Gasteiger partial charge on any atom is 0.410 e. The van der Waals surface area contributed by atoms with Gasteiger partial charge in [-0.05, 0) is 46.1 Å². The number of rotatable bonds is 7. The molecule has 164 valence electrons. The molecule has 1 aromatic carbocycles. The van der Waals surface area contributed by atoms with E-state index in [-0.39, 0.29) is 30.2 Å². The number of nitrogens with zero attached hydrogens (tertiary/aromatic N) is 1. The molecule has 1 saturated heterocycles. The third kappa shape index (κ3) is 6.28. The average molecular weight is 432 g/mol. The zero-order chi connectivity index (χ0) is 21.7. The third-order valence-electron chi connectivity index (χ3n) is 4.83. The van der Waals surface area contributed by atoms with Gasteiger partial charge in [0.1, 0.15) is 23.1 Å². The lowest BCUT2D eigenvalue weighted by Gasteiger charge is -2.42. The number of halogens is 2. The van der Waals surface area contributed by atoms with Gasteiger partial charge >= 0.3 is 6.09 Å². The Morgan fingerprint density at radius 3 is 2.76 bits per heavy atom. The SMILES string of the molecule is COCCCC[C@@](O)(c1cccc(Cl)c1F)[C@H]1CN(C(=O)OC(C)(C)C)CCO1. The lowest BCUT2D eigenvalue weighted by atomic mass is 9.82. The number of morpholine rings is 1. The summed E-state index contributed by atoms with van der Waals surface area (Å²) in [5.41, 5.74) is -2.22. The van der Waals surface area contributed by atoms with Crippen molar-refractivity contribution in [3.63, 3.8) is 0 Å². The minimum absolute atomic E-state index is 0.0680. The number of hydrogen-bond donors (Lipinski definition) is 1. The van der Waals surface area contributed by atoms with Crippen LogP contribution in [0.4, 0.5) is 9.18 Å². The molecule has 2 atom stereocenters. The minimum atomic E-state index is -1.65. The lowest BCUT2D eigenvalue weighted by molar-refractivity contribution is -0.152. The molecule has 0 saturated carbocycles. The van der Waals surface area contributed by atoms with Gasteiger partial charge in [0.15, 0.2) is 0 Å². The summed E-state index contributed by atoms with van der Waals surface area (Å²) in [6.07, 6.45) is 0.213. The van der Waals surface area contributed by atoms with Crippen molar-refractivity contribution in [1.82, 2.24) is 4.90 Å². The number of methoxy groups -OCH3 is 1. The molecule has 1 fully saturated rings. The third-order valence-corrected chi connectivity index (χ3v) is 5.12. The van der Waals surface area contributed by atoms with Crippen LogP contribution in [0.3, 0.4) is 0 Å². The second-order valence-corrected chi connectivity index (χ2v) is 8.67. The summed E-state index contributed by atoms with van der Waals surface area (Å²) >= 11 is 5.96. The molecule has 0 radical (unpaired) electrons. The Morgan fingerprint density at radius 1 is 1.38 bits per heavy atom. The molecule has 1 aromatic rings. The molecule has 8 heteroatoms. The van der Waals surface area contributed by atoms with Crippen LogP contribution in [0.2, 0.25) is 5.02 Å². The van der Waals surface area contributed by atoms with Crippen LogP contribution >= 0.6 is 11.6 Å². The van der Waals surface area contributed by atoms with Crippen LogP contribution in [0.1, 0.15) is 45.6 Å². The molecule has 0 unspecified atom stereocenters. The summed E-state index contributed by atoms with van der Waals surface area (Å²) in [5.74, 6) is -0.679. The Balaban J connectivity index is 2.27. The maximum absolute atomic E-state index is 14.8. The monoisotopic (exact) mass is 431 g/mol. The minimum Gasteiger partial charge on any atom is -0.444 e. The first kappa shape index (κ1) is 23.9. The van der Waals surface area contributed by atoms with Crippen LogP contribution in [0.5, 0.6) is 0 Å². The lowest BCUT2D eigenvalue weighted by Crippen LogP contribution is -2.55. The van der Waals surface area contributed by atoms with Gasteiger partial charge in [0.2, 0.25) is 0 Å². The van der Waals surface area contributed by atoms with E-state index in [1.807, 2.05) is 0 Å². The van der Waals surface area contributed by atoms with Gasteiger partial charge in [0.25, 0.3) is 0 Å². The smallest absolute Gasteiger partial charge is 0.410 e. The number of hydrogen-bond acceptors (Lipinski definition) is 5. The second-order valence-electron chi connectivity index (χ2n) is 8.26. The predicted molar refractivity (Wildman–Crippen MR) is 109 cm³/mol. The Morgan fingerprint density at radius 2 is 2.10 bits per heavy atom. The molecule has 0 bridgehead atoms. The van der Waals surface area contributed by atoms with Crippen molar-refractivity contribution in [2.45, 2.75) is 57.3 Å². The quantitative estimate of drug-likeness (QED) is 0.658. The molecule has 0 spiro atoms. The van der Waals surface area contributed by atoms with Crippen LogP contribution in [-0.4, -0.2) is 61.2 Å². The standard InChI is InChI=1S/C21H31ClFNO5/c1-20(2,3)29-19(25)24-11-13-28-17(14-24)21(26,10-5-6-12-27-4)15-8-7-9-16(22)18(15)23/h7-9,17,26H,5-6,10-14H2,1-4H3/t17-,21-/m1/s1. The second kappa shape index (κ2) is 10.1. The first-order chi connectivity index (χ1) is 13.6. The fraction of sp³-hybridized carbons (Fsp3) is 0.667. The van der Waals surface area contributed by atoms with Gasteiger partial charge in [-0.1, -0.05) is 23.7 Å². The van der Waals surface area contributed by atoms with Crippen molar-refractivity contribution in [3.05, 3.63) is 34.6 Å². The van der Waals surface area contributed by atoms with Crippen LogP contribution < -0.4 is 0 Å². The highest BCUT2D eigenvalue weighted by atomic mass is 35.5. The van der Waals surface area contributed by atoms with Crippen molar-refractivity contribution in [2.75, 3.05) is 33.4 Å². The van der Waals surface area contributed by atoms with E-state index in [9.17, 15) is 14.3 Å². The Bertz CT molecular complexity index is 696. The van der Waals surface area contributed by atoms with Crippen molar-refractivity contribution < 1.29 is 28.5 Å². The number of carbonyl (C=O) groups is 1. The van der Waals surface area contributed by atoms with Crippen molar-refractivity contribution >= 4 is 17.7 Å². The van der Waals surface area contributed by atoms with E-state index in [0.717, 1.165) is 0 Å². The fourth-order valence-electron chi connectivity index (χ4n) is 3.38. The molecule has 1 N–H and O–H groups in total. The van der Waals surface area contributed by atoms with Crippen LogP contribution in [0.15, 0.2) is 18.2 Å². The van der Waals surface area contributed by atoms with E-state index in [2.05, 4.69) is 0 Å². The zero-order valence-corrected chi connectivity index (χ0v) is 18.3. The molecule has 1 heterocycles. The van der Waals surface area contributed by atoms with E-state index in [4.69, 9.17) is 25.8 Å². The molecule has 0 aromatic heterocycles. The van der Waals surface area contributed by atoms with Gasteiger partial charge < -0.3 is 24.2 Å². The van der Waals surface area contributed by atoms with Gasteiger partial charge in [-0.2, -0.15) is 0 Å². The van der Waals surface area contributed by atoms with Gasteiger partial charge in [-0.25, -0.2) is 9.18 Å². The summed E-state index contributed by atoms with van der Waals surface area (Å²) in [6.45, 7) is 6.53. The Labute approximate surface area is 176 Å². The molecular weight excluding hydrogens is 401 g/mol. The maximum atomic E-state index is 14.8. The van der Waals surface area contributed by atoms with Gasteiger partial charge in [0, 0.05) is 25.8 Å². The van der Waals surface area contributed by atoms with Gasteiger partial charge in [-0.15, -0.1) is 0 Å². The number of benzene rings is 1. The summed E-state index contributed by atoms with van der Waals surface area (Å²) in [6, 6.07) is 4.53. The molecule has 1 amide bonds. The Kier molecular flexibility index (Phi) is 8.28. The molecule has 29 heavy (non-hydrogen) atoms. The highest BCUT2D eigenvalue weighted by Gasteiger charge is 2.44. The molecule has 1 aliphatic rings. The first-order valence-corrected chi connectivity index (χ1v) is 10.2. The molecule has 6 nitrogen and oxygen atoms in total. The van der Waals surface area contributed by atoms with Gasteiger partial charge in [-0.3, -0.25) is 0 Å². The number of aliphatic hydroxyl groups is 1. The zero-order valence-electron chi connectivity index (χ0n) is 17.5. The normalized spacial score (nSPS) is 19.7. The van der Waals surface area contributed by atoms with E-state index < -0.39 is 29.2 Å². The van der Waals surface area contributed by atoms with Crippen molar-refractivity contribution in [3.8, 4) is 0 Å². The number of unbranched alkanes of at least 4 members (excludes halogenated alkanes) is 1. The Hall–Kier alpha value is -1.41. The van der Waals surface area contributed by atoms with E-state index in [1.165, 1.54) is 17.0 Å². The number of ether oxygens (including phenoxy) is 3. The summed E-state index contributed by atoms with van der Waals surface area (Å²) < 4.78 is 31.2. The molecule has 2 rings (SSSR count). The van der Waals surface area contributed by atoms with Gasteiger partial charge in [0.05, 0.1) is 18.2 Å². The summed E-state index contributed by atoms with van der Waals surface area (Å²) in [4.78, 5) is 14.0. The highest BCUT2D eigenvalue weighted by molar-refractivity contribution is 6.30. The number of amides is 1.